The van der Waals surface area contributed by atoms with Gasteiger partial charge >= 0.3 is 0 Å². The van der Waals surface area contributed by atoms with E-state index in [-0.39, 0.29) is 16.5 Å². The third-order valence-electron chi connectivity index (χ3n) is 1.75. The Bertz CT molecular complexity index is 239. The Morgan fingerprint density at radius 1 is 1.29 bits per heavy atom. The highest BCUT2D eigenvalue weighted by Gasteiger charge is 2.09. The molecule has 0 aromatic heterocycles. The highest BCUT2D eigenvalue weighted by molar-refractivity contribution is 7.85. The van der Waals surface area contributed by atoms with Gasteiger partial charge in [0.1, 0.15) is 0 Å². The van der Waals surface area contributed by atoms with Crippen molar-refractivity contribution < 1.29 is 13.0 Å². The predicted octanol–water partition coefficient (Wildman–Crippen LogP) is 2.67. The van der Waals surface area contributed by atoms with Crippen LogP contribution >= 0.6 is 23.2 Å². The molecule has 0 fully saturated rings. The quantitative estimate of drug-likeness (QED) is 0.436. The van der Waals surface area contributed by atoms with Crippen LogP contribution in [0.4, 0.5) is 0 Å². The largest absolute Gasteiger partial charge is 0.286 e. The number of rotatable bonds is 7. The first-order valence-electron chi connectivity index (χ1n) is 4.54. The van der Waals surface area contributed by atoms with Crippen molar-refractivity contribution in [2.75, 3.05) is 5.75 Å². The Labute approximate surface area is 95.5 Å². The van der Waals surface area contributed by atoms with Crippen molar-refractivity contribution in [2.45, 2.75) is 43.4 Å². The van der Waals surface area contributed by atoms with E-state index < -0.39 is 10.1 Å². The fourth-order valence-corrected chi connectivity index (χ4v) is 2.42. The number of hydrogen-bond donors (Lipinski definition) is 1. The first-order valence-corrected chi connectivity index (χ1v) is 7.03. The third kappa shape index (κ3) is 10.6. The minimum Gasteiger partial charge on any atom is -0.286 e. The Morgan fingerprint density at radius 3 is 2.29 bits per heavy atom. The second kappa shape index (κ2) is 6.88. The summed E-state index contributed by atoms with van der Waals surface area (Å²) in [7, 11) is -3.81. The zero-order valence-electron chi connectivity index (χ0n) is 8.12. The minimum absolute atomic E-state index is 0.0103. The SMILES string of the molecule is CC(Cl)CC(Cl)CCCCS(=O)(=O)O. The summed E-state index contributed by atoms with van der Waals surface area (Å²) < 4.78 is 29.2. The van der Waals surface area contributed by atoms with Crippen molar-refractivity contribution in [3.63, 3.8) is 0 Å². The van der Waals surface area contributed by atoms with Crippen LogP contribution in [0.1, 0.15) is 32.6 Å². The topological polar surface area (TPSA) is 54.4 Å². The normalized spacial score (nSPS) is 16.6. The van der Waals surface area contributed by atoms with E-state index in [1.165, 1.54) is 0 Å². The van der Waals surface area contributed by atoms with Crippen molar-refractivity contribution in [1.29, 1.82) is 0 Å². The molecule has 3 nitrogen and oxygen atoms in total. The minimum atomic E-state index is -3.81. The lowest BCUT2D eigenvalue weighted by molar-refractivity contribution is 0.479. The van der Waals surface area contributed by atoms with E-state index in [0.29, 0.717) is 12.8 Å². The van der Waals surface area contributed by atoms with E-state index in [0.717, 1.165) is 12.8 Å². The molecule has 0 amide bonds. The molecule has 0 aromatic carbocycles. The van der Waals surface area contributed by atoms with Crippen LogP contribution in [0, 0.1) is 0 Å². The van der Waals surface area contributed by atoms with Crippen molar-refractivity contribution in [3.05, 3.63) is 0 Å². The number of unbranched alkanes of at least 4 members (excludes halogenated alkanes) is 1. The Hall–Kier alpha value is 0.490. The molecular weight excluding hydrogens is 247 g/mol. The summed E-state index contributed by atoms with van der Waals surface area (Å²) in [4.78, 5) is 0. The molecule has 6 heteroatoms. The van der Waals surface area contributed by atoms with Gasteiger partial charge < -0.3 is 0 Å². The molecule has 0 aliphatic rings. The van der Waals surface area contributed by atoms with Gasteiger partial charge in [-0.25, -0.2) is 0 Å². The Kier molecular flexibility index (Phi) is 7.12. The van der Waals surface area contributed by atoms with Gasteiger partial charge in [0.05, 0.1) is 5.75 Å². The first-order chi connectivity index (χ1) is 6.31. The Morgan fingerprint density at radius 2 is 1.86 bits per heavy atom. The van der Waals surface area contributed by atoms with E-state index in [1.54, 1.807) is 0 Å². The van der Waals surface area contributed by atoms with Crippen LogP contribution in [-0.4, -0.2) is 29.5 Å². The van der Waals surface area contributed by atoms with E-state index in [1.807, 2.05) is 6.92 Å². The van der Waals surface area contributed by atoms with Crippen LogP contribution in [0.3, 0.4) is 0 Å². The summed E-state index contributed by atoms with van der Waals surface area (Å²) in [5.41, 5.74) is 0. The van der Waals surface area contributed by atoms with Gasteiger partial charge in [-0.2, -0.15) is 8.42 Å². The number of alkyl halides is 2. The smallest absolute Gasteiger partial charge is 0.264 e. The third-order valence-corrected chi connectivity index (χ3v) is 3.13. The summed E-state index contributed by atoms with van der Waals surface area (Å²) in [6.45, 7) is 1.87. The number of hydrogen-bond acceptors (Lipinski definition) is 2. The van der Waals surface area contributed by atoms with Crippen LogP contribution in [0.15, 0.2) is 0 Å². The maximum Gasteiger partial charge on any atom is 0.264 e. The molecule has 0 spiro atoms. The fraction of sp³-hybridized carbons (Fsp3) is 1.00. The van der Waals surface area contributed by atoms with Gasteiger partial charge in [0.25, 0.3) is 10.1 Å². The lowest BCUT2D eigenvalue weighted by Gasteiger charge is -2.09. The average Bonchev–Trinajstić information content (AvgIpc) is 1.95. The summed E-state index contributed by atoms with van der Waals surface area (Å²) in [6.07, 6.45) is 2.58. The number of halogens is 2. The van der Waals surface area contributed by atoms with Crippen LogP contribution in [0.2, 0.25) is 0 Å². The van der Waals surface area contributed by atoms with Crippen molar-refractivity contribution in [2.24, 2.45) is 0 Å². The summed E-state index contributed by atoms with van der Waals surface area (Å²) in [6, 6.07) is 0. The van der Waals surface area contributed by atoms with E-state index in [4.69, 9.17) is 27.8 Å². The van der Waals surface area contributed by atoms with Crippen LogP contribution < -0.4 is 0 Å². The molecule has 0 heterocycles. The molecule has 0 aliphatic heterocycles. The van der Waals surface area contributed by atoms with Gasteiger partial charge in [0, 0.05) is 10.8 Å². The standard InChI is InChI=1S/C8H16Cl2O3S/c1-7(9)6-8(10)4-2-3-5-14(11,12)13/h7-8H,2-6H2,1H3,(H,11,12,13). The second-order valence-electron chi connectivity index (χ2n) is 3.40. The Balaban J connectivity index is 3.45. The van der Waals surface area contributed by atoms with Crippen LogP contribution in [-0.2, 0) is 10.1 Å². The van der Waals surface area contributed by atoms with E-state index in [9.17, 15) is 8.42 Å². The molecule has 2 unspecified atom stereocenters. The van der Waals surface area contributed by atoms with Gasteiger partial charge in [-0.05, 0) is 26.2 Å². The molecule has 1 N–H and O–H groups in total. The molecule has 0 aliphatic carbocycles. The van der Waals surface area contributed by atoms with Crippen molar-refractivity contribution in [3.8, 4) is 0 Å². The molecule has 2 atom stereocenters. The predicted molar refractivity (Wildman–Crippen MR) is 59.8 cm³/mol. The molecule has 0 aromatic rings. The van der Waals surface area contributed by atoms with Gasteiger partial charge in [-0.3, -0.25) is 4.55 Å². The molecule has 0 radical (unpaired) electrons. The van der Waals surface area contributed by atoms with Crippen LogP contribution in [0.25, 0.3) is 0 Å². The monoisotopic (exact) mass is 262 g/mol. The van der Waals surface area contributed by atoms with Gasteiger partial charge in [0.2, 0.25) is 0 Å². The zero-order valence-corrected chi connectivity index (χ0v) is 10.4. The maximum atomic E-state index is 10.4. The summed E-state index contributed by atoms with van der Waals surface area (Å²) in [5.74, 6) is -0.187. The van der Waals surface area contributed by atoms with Gasteiger partial charge in [-0.15, -0.1) is 23.2 Å². The molecule has 0 saturated carbocycles. The zero-order chi connectivity index (χ0) is 11.2. The molecule has 14 heavy (non-hydrogen) atoms. The summed E-state index contributed by atoms with van der Waals surface area (Å²) >= 11 is 11.7. The highest BCUT2D eigenvalue weighted by atomic mass is 35.5. The maximum absolute atomic E-state index is 10.4. The lowest BCUT2D eigenvalue weighted by atomic mass is 10.1. The van der Waals surface area contributed by atoms with Crippen molar-refractivity contribution in [1.82, 2.24) is 0 Å². The van der Waals surface area contributed by atoms with Crippen LogP contribution in [0.5, 0.6) is 0 Å². The van der Waals surface area contributed by atoms with Crippen molar-refractivity contribution >= 4 is 33.3 Å². The average molecular weight is 263 g/mol. The molecule has 86 valence electrons. The van der Waals surface area contributed by atoms with Gasteiger partial charge in [-0.1, -0.05) is 6.42 Å². The van der Waals surface area contributed by atoms with Gasteiger partial charge in [0.15, 0.2) is 0 Å². The molecular formula is C8H16Cl2O3S. The highest BCUT2D eigenvalue weighted by Crippen LogP contribution is 2.16. The lowest BCUT2D eigenvalue weighted by Crippen LogP contribution is -2.07. The summed E-state index contributed by atoms with van der Waals surface area (Å²) in [5, 5.41) is 0.0305. The van der Waals surface area contributed by atoms with E-state index in [2.05, 4.69) is 0 Å². The first kappa shape index (κ1) is 14.5. The molecule has 0 saturated heterocycles. The molecule has 0 rings (SSSR count). The fourth-order valence-electron chi connectivity index (χ4n) is 1.12. The second-order valence-corrected chi connectivity index (χ2v) is 6.33. The molecule has 0 bridgehead atoms. The van der Waals surface area contributed by atoms with E-state index >= 15 is 0 Å².